The Bertz CT molecular complexity index is 921. The lowest BCUT2D eigenvalue weighted by atomic mass is 9.91. The maximum Gasteiger partial charge on any atom is 0.320 e. The van der Waals surface area contributed by atoms with Crippen molar-refractivity contribution < 1.29 is 14.3 Å². The minimum atomic E-state index is -0.781. The van der Waals surface area contributed by atoms with Crippen LogP contribution >= 0.6 is 11.3 Å². The quantitative estimate of drug-likeness (QED) is 0.698. The fourth-order valence-electron chi connectivity index (χ4n) is 3.93. The zero-order valence-corrected chi connectivity index (χ0v) is 15.1. The molecule has 1 aromatic heterocycles. The molecule has 2 heterocycles. The monoisotopic (exact) mass is 369 g/mol. The molecule has 1 aliphatic heterocycles. The van der Waals surface area contributed by atoms with Crippen LogP contribution in [0.4, 0.5) is 4.39 Å². The highest BCUT2D eigenvalue weighted by atomic mass is 32.1. The van der Waals surface area contributed by atoms with E-state index in [9.17, 15) is 14.3 Å². The number of rotatable bonds is 4. The molecule has 3 nitrogen and oxygen atoms in total. The maximum atomic E-state index is 13.5. The van der Waals surface area contributed by atoms with Gasteiger partial charge in [0.25, 0.3) is 0 Å². The first kappa shape index (κ1) is 17.2. The minimum absolute atomic E-state index is 0.187. The van der Waals surface area contributed by atoms with Gasteiger partial charge in [0.2, 0.25) is 0 Å². The SMILES string of the molecule is O=C(O)C1CCCCN1C(c1ccc(F)cc1)c1csc2ccccc12. The molecule has 0 bridgehead atoms. The number of halogens is 1. The van der Waals surface area contributed by atoms with Crippen LogP contribution in [0.1, 0.15) is 36.4 Å². The van der Waals surface area contributed by atoms with Crippen LogP contribution in [0.5, 0.6) is 0 Å². The Morgan fingerprint density at radius 3 is 2.69 bits per heavy atom. The molecule has 3 aromatic rings. The van der Waals surface area contributed by atoms with Crippen molar-refractivity contribution in [2.75, 3.05) is 6.54 Å². The molecule has 2 atom stereocenters. The van der Waals surface area contributed by atoms with Crippen molar-refractivity contribution in [2.24, 2.45) is 0 Å². The molecule has 4 rings (SSSR count). The molecule has 0 aliphatic carbocycles. The van der Waals surface area contributed by atoms with Gasteiger partial charge in [-0.3, -0.25) is 9.69 Å². The van der Waals surface area contributed by atoms with Gasteiger partial charge in [-0.15, -0.1) is 11.3 Å². The van der Waals surface area contributed by atoms with Gasteiger partial charge >= 0.3 is 5.97 Å². The van der Waals surface area contributed by atoms with Crippen LogP contribution in [-0.2, 0) is 4.79 Å². The van der Waals surface area contributed by atoms with Crippen molar-refractivity contribution in [3.8, 4) is 0 Å². The van der Waals surface area contributed by atoms with E-state index in [0.717, 1.165) is 35.9 Å². The Hall–Kier alpha value is -2.24. The van der Waals surface area contributed by atoms with E-state index in [-0.39, 0.29) is 11.9 Å². The third-order valence-corrected chi connectivity index (χ3v) is 6.13. The average molecular weight is 369 g/mol. The van der Waals surface area contributed by atoms with Crippen LogP contribution in [0.15, 0.2) is 53.9 Å². The summed E-state index contributed by atoms with van der Waals surface area (Å²) in [4.78, 5) is 14.0. The zero-order valence-electron chi connectivity index (χ0n) is 14.3. The number of carboxylic acids is 1. The number of carboxylic acid groups (broad SMARTS) is 1. The first-order valence-electron chi connectivity index (χ1n) is 8.85. The average Bonchev–Trinajstić information content (AvgIpc) is 3.08. The van der Waals surface area contributed by atoms with Crippen molar-refractivity contribution in [1.82, 2.24) is 4.90 Å². The van der Waals surface area contributed by atoms with Crippen molar-refractivity contribution in [1.29, 1.82) is 0 Å². The lowest BCUT2D eigenvalue weighted by Crippen LogP contribution is -2.46. The number of carbonyl (C=O) groups is 1. The molecule has 5 heteroatoms. The molecular formula is C21H20FNO2S. The Labute approximate surface area is 155 Å². The summed E-state index contributed by atoms with van der Waals surface area (Å²) in [7, 11) is 0. The lowest BCUT2D eigenvalue weighted by molar-refractivity contribution is -0.145. The van der Waals surface area contributed by atoms with E-state index in [1.54, 1.807) is 23.5 Å². The third kappa shape index (κ3) is 3.13. The lowest BCUT2D eigenvalue weighted by Gasteiger charge is -2.39. The molecule has 134 valence electrons. The third-order valence-electron chi connectivity index (χ3n) is 5.15. The normalized spacial score (nSPS) is 19.5. The number of likely N-dealkylation sites (tertiary alicyclic amines) is 1. The number of aliphatic carboxylic acids is 1. The van der Waals surface area contributed by atoms with Crippen LogP contribution in [0.3, 0.4) is 0 Å². The summed E-state index contributed by atoms with van der Waals surface area (Å²) in [5.74, 6) is -1.06. The summed E-state index contributed by atoms with van der Waals surface area (Å²) >= 11 is 1.67. The molecule has 0 spiro atoms. The topological polar surface area (TPSA) is 40.5 Å². The van der Waals surface area contributed by atoms with E-state index in [0.29, 0.717) is 6.42 Å². The van der Waals surface area contributed by atoms with Gasteiger partial charge in [0, 0.05) is 4.70 Å². The van der Waals surface area contributed by atoms with Crippen LogP contribution in [-0.4, -0.2) is 28.6 Å². The van der Waals surface area contributed by atoms with Crippen LogP contribution in [0.2, 0.25) is 0 Å². The highest BCUT2D eigenvalue weighted by Gasteiger charge is 2.36. The Morgan fingerprint density at radius 2 is 1.92 bits per heavy atom. The van der Waals surface area contributed by atoms with E-state index in [1.807, 2.05) is 12.1 Å². The largest absolute Gasteiger partial charge is 0.480 e. The predicted octanol–water partition coefficient (Wildman–Crippen LogP) is 5.07. The first-order valence-corrected chi connectivity index (χ1v) is 9.73. The second-order valence-corrected chi connectivity index (χ2v) is 7.64. The smallest absolute Gasteiger partial charge is 0.320 e. The Balaban J connectivity index is 1.86. The van der Waals surface area contributed by atoms with Crippen LogP contribution in [0.25, 0.3) is 10.1 Å². The predicted molar refractivity (Wildman–Crippen MR) is 102 cm³/mol. The van der Waals surface area contributed by atoms with Crippen LogP contribution in [0, 0.1) is 5.82 Å². The number of piperidine rings is 1. The molecule has 26 heavy (non-hydrogen) atoms. The van der Waals surface area contributed by atoms with Gasteiger partial charge in [-0.1, -0.05) is 36.8 Å². The van der Waals surface area contributed by atoms with Crippen molar-refractivity contribution in [3.63, 3.8) is 0 Å². The second kappa shape index (κ2) is 7.17. The van der Waals surface area contributed by atoms with E-state index < -0.39 is 12.0 Å². The van der Waals surface area contributed by atoms with E-state index >= 15 is 0 Å². The number of nitrogens with zero attached hydrogens (tertiary/aromatic N) is 1. The van der Waals surface area contributed by atoms with Crippen molar-refractivity contribution in [3.05, 3.63) is 70.9 Å². The fraction of sp³-hybridized carbons (Fsp3) is 0.286. The Morgan fingerprint density at radius 1 is 1.15 bits per heavy atom. The van der Waals surface area contributed by atoms with Gasteiger partial charge in [0.15, 0.2) is 0 Å². The first-order chi connectivity index (χ1) is 12.6. The molecule has 1 N–H and O–H groups in total. The van der Waals surface area contributed by atoms with Gasteiger partial charge < -0.3 is 5.11 Å². The second-order valence-electron chi connectivity index (χ2n) is 6.73. The molecule has 0 amide bonds. The maximum absolute atomic E-state index is 13.5. The zero-order chi connectivity index (χ0) is 18.1. The molecule has 2 aromatic carbocycles. The summed E-state index contributed by atoms with van der Waals surface area (Å²) in [6.45, 7) is 0.725. The molecular weight excluding hydrogens is 349 g/mol. The summed E-state index contributed by atoms with van der Waals surface area (Å²) in [6.07, 6.45) is 2.55. The van der Waals surface area contributed by atoms with Gasteiger partial charge in [-0.05, 0) is 59.5 Å². The summed E-state index contributed by atoms with van der Waals surface area (Å²) < 4.78 is 14.7. The van der Waals surface area contributed by atoms with Gasteiger partial charge in [0.1, 0.15) is 11.9 Å². The minimum Gasteiger partial charge on any atom is -0.480 e. The van der Waals surface area contributed by atoms with E-state index in [1.165, 1.54) is 16.8 Å². The van der Waals surface area contributed by atoms with Crippen molar-refractivity contribution in [2.45, 2.75) is 31.3 Å². The molecule has 0 radical (unpaired) electrons. The van der Waals surface area contributed by atoms with Crippen LogP contribution < -0.4 is 0 Å². The number of hydrogen-bond donors (Lipinski definition) is 1. The van der Waals surface area contributed by atoms with E-state index in [4.69, 9.17) is 0 Å². The van der Waals surface area contributed by atoms with E-state index in [2.05, 4.69) is 22.4 Å². The number of benzene rings is 2. The summed E-state index contributed by atoms with van der Waals surface area (Å²) in [6, 6.07) is 13.9. The molecule has 1 aliphatic rings. The van der Waals surface area contributed by atoms with Gasteiger partial charge in [-0.25, -0.2) is 4.39 Å². The molecule has 1 fully saturated rings. The highest BCUT2D eigenvalue weighted by Crippen LogP contribution is 2.40. The van der Waals surface area contributed by atoms with Crippen molar-refractivity contribution >= 4 is 27.4 Å². The van der Waals surface area contributed by atoms with Gasteiger partial charge in [-0.2, -0.15) is 0 Å². The highest BCUT2D eigenvalue weighted by molar-refractivity contribution is 7.17. The number of hydrogen-bond acceptors (Lipinski definition) is 3. The number of thiophene rings is 1. The summed E-state index contributed by atoms with van der Waals surface area (Å²) in [5, 5.41) is 13.0. The number of fused-ring (bicyclic) bond motifs is 1. The molecule has 2 unspecified atom stereocenters. The standard InChI is InChI=1S/C21H20FNO2S/c22-15-10-8-14(9-11-15)20(23-12-4-3-6-18(23)21(24)25)17-13-26-19-7-2-1-5-16(17)19/h1-2,5,7-11,13,18,20H,3-4,6,12H2,(H,24,25). The summed E-state index contributed by atoms with van der Waals surface area (Å²) in [5.41, 5.74) is 2.04. The van der Waals surface area contributed by atoms with Gasteiger partial charge in [0.05, 0.1) is 6.04 Å². The molecule has 0 saturated carbocycles. The fourth-order valence-corrected chi connectivity index (χ4v) is 4.91. The Kier molecular flexibility index (Phi) is 4.74. The molecule has 1 saturated heterocycles.